The number of aromatic nitrogens is 3. The van der Waals surface area contributed by atoms with Gasteiger partial charge < -0.3 is 15.4 Å². The van der Waals surface area contributed by atoms with Crippen LogP contribution in [0.15, 0.2) is 41.3 Å². The van der Waals surface area contributed by atoms with Gasteiger partial charge in [0.15, 0.2) is 0 Å². The van der Waals surface area contributed by atoms with Crippen molar-refractivity contribution in [2.45, 2.75) is 11.3 Å². The third-order valence-electron chi connectivity index (χ3n) is 4.08. The largest absolute Gasteiger partial charge is 0.463 e. The number of halogens is 1. The van der Waals surface area contributed by atoms with Crippen LogP contribution in [0, 0.1) is 0 Å². The lowest BCUT2D eigenvalue weighted by molar-refractivity contribution is 0.287. The standard InChI is InChI=1S/C18H21ClN6O3S/c1-25(2)14-8-3-7-13-12(14)6-4-9-15(13)29(26,27)21-10-5-11-28-18-23-16(19)22-17(20)24-18/h3-4,6-9,21H,5,10-11H2,1-2H3,(H2,20,22,23,24). The van der Waals surface area contributed by atoms with E-state index in [2.05, 4.69) is 19.7 Å². The van der Waals surface area contributed by atoms with Gasteiger partial charge in [-0.05, 0) is 30.2 Å². The van der Waals surface area contributed by atoms with E-state index in [1.54, 1.807) is 18.2 Å². The molecule has 0 saturated heterocycles. The summed E-state index contributed by atoms with van der Waals surface area (Å²) < 4.78 is 33.6. The zero-order valence-corrected chi connectivity index (χ0v) is 17.5. The molecule has 0 fully saturated rings. The van der Waals surface area contributed by atoms with Crippen LogP contribution < -0.4 is 20.1 Å². The minimum Gasteiger partial charge on any atom is -0.463 e. The van der Waals surface area contributed by atoms with Gasteiger partial charge in [0.25, 0.3) is 0 Å². The third kappa shape index (κ3) is 5.03. The Labute approximate surface area is 173 Å². The first-order valence-corrected chi connectivity index (χ1v) is 10.6. The maximum absolute atomic E-state index is 12.8. The number of nitrogen functional groups attached to an aromatic ring is 1. The van der Waals surface area contributed by atoms with Gasteiger partial charge in [-0.3, -0.25) is 0 Å². The van der Waals surface area contributed by atoms with E-state index >= 15 is 0 Å². The Balaban J connectivity index is 1.66. The first-order valence-electron chi connectivity index (χ1n) is 8.76. The van der Waals surface area contributed by atoms with Crippen molar-refractivity contribution in [2.24, 2.45) is 0 Å². The van der Waals surface area contributed by atoms with Crippen molar-refractivity contribution in [1.29, 1.82) is 0 Å². The molecule has 0 bridgehead atoms. The van der Waals surface area contributed by atoms with E-state index in [0.29, 0.717) is 11.8 Å². The molecule has 29 heavy (non-hydrogen) atoms. The van der Waals surface area contributed by atoms with Crippen LogP contribution in [0.3, 0.4) is 0 Å². The highest BCUT2D eigenvalue weighted by Crippen LogP contribution is 2.30. The molecule has 154 valence electrons. The van der Waals surface area contributed by atoms with Crippen LogP contribution in [-0.4, -0.2) is 50.6 Å². The van der Waals surface area contributed by atoms with Gasteiger partial charge in [0.2, 0.25) is 21.3 Å². The summed E-state index contributed by atoms with van der Waals surface area (Å²) in [5.41, 5.74) is 6.41. The van der Waals surface area contributed by atoms with Gasteiger partial charge in [-0.1, -0.05) is 24.3 Å². The second-order valence-corrected chi connectivity index (χ2v) is 8.44. The summed E-state index contributed by atoms with van der Waals surface area (Å²) in [5, 5.41) is 1.46. The lowest BCUT2D eigenvalue weighted by atomic mass is 10.1. The van der Waals surface area contributed by atoms with Crippen molar-refractivity contribution in [2.75, 3.05) is 37.9 Å². The average Bonchev–Trinajstić information content (AvgIpc) is 2.65. The lowest BCUT2D eigenvalue weighted by Gasteiger charge is -2.17. The molecule has 2 aromatic carbocycles. The number of benzene rings is 2. The Hall–Kier alpha value is -2.69. The Morgan fingerprint density at radius 1 is 1.10 bits per heavy atom. The zero-order valence-electron chi connectivity index (χ0n) is 16.0. The van der Waals surface area contributed by atoms with Crippen molar-refractivity contribution < 1.29 is 13.2 Å². The number of hydrogen-bond acceptors (Lipinski definition) is 8. The van der Waals surface area contributed by atoms with E-state index < -0.39 is 10.0 Å². The topological polar surface area (TPSA) is 123 Å². The van der Waals surface area contributed by atoms with Crippen molar-refractivity contribution in [3.05, 3.63) is 41.7 Å². The van der Waals surface area contributed by atoms with Crippen LogP contribution in [0.1, 0.15) is 6.42 Å². The monoisotopic (exact) mass is 436 g/mol. The average molecular weight is 437 g/mol. The van der Waals surface area contributed by atoms with Crippen molar-refractivity contribution >= 4 is 44.0 Å². The van der Waals surface area contributed by atoms with E-state index in [-0.39, 0.29) is 35.3 Å². The molecule has 0 aliphatic rings. The number of hydrogen-bond donors (Lipinski definition) is 2. The molecule has 0 radical (unpaired) electrons. The number of sulfonamides is 1. The lowest BCUT2D eigenvalue weighted by Crippen LogP contribution is -2.26. The minimum atomic E-state index is -3.69. The molecule has 0 amide bonds. The summed E-state index contributed by atoms with van der Waals surface area (Å²) in [7, 11) is 0.142. The summed E-state index contributed by atoms with van der Waals surface area (Å²) in [6.07, 6.45) is 0.399. The first kappa shape index (κ1) is 21.0. The van der Waals surface area contributed by atoms with E-state index in [4.69, 9.17) is 22.1 Å². The van der Waals surface area contributed by atoms with Gasteiger partial charge in [0, 0.05) is 37.1 Å². The van der Waals surface area contributed by atoms with Crippen LogP contribution in [0.4, 0.5) is 11.6 Å². The molecule has 0 atom stereocenters. The molecule has 1 aromatic heterocycles. The van der Waals surface area contributed by atoms with Gasteiger partial charge in [-0.25, -0.2) is 13.1 Å². The molecule has 3 N–H and O–H groups in total. The highest BCUT2D eigenvalue weighted by Gasteiger charge is 2.18. The molecule has 3 aromatic rings. The summed E-state index contributed by atoms with van der Waals surface area (Å²) in [6.45, 7) is 0.364. The number of ether oxygens (including phenoxy) is 1. The fourth-order valence-corrected chi connectivity index (χ4v) is 4.27. The first-order chi connectivity index (χ1) is 13.8. The van der Waals surface area contributed by atoms with Gasteiger partial charge in [0.1, 0.15) is 0 Å². The molecule has 0 unspecified atom stereocenters. The molecule has 0 aliphatic heterocycles. The van der Waals surface area contributed by atoms with Gasteiger partial charge in [0.05, 0.1) is 11.5 Å². The minimum absolute atomic E-state index is 0.00405. The van der Waals surface area contributed by atoms with Crippen molar-refractivity contribution in [1.82, 2.24) is 19.7 Å². The Kier molecular flexibility index (Phi) is 6.36. The molecular formula is C18H21ClN6O3S. The maximum Gasteiger partial charge on any atom is 0.322 e. The quantitative estimate of drug-likeness (QED) is 0.514. The Bertz CT molecular complexity index is 1100. The van der Waals surface area contributed by atoms with Crippen LogP contribution in [-0.2, 0) is 10.0 Å². The van der Waals surface area contributed by atoms with Crippen LogP contribution >= 0.6 is 11.6 Å². The van der Waals surface area contributed by atoms with Crippen LogP contribution in [0.5, 0.6) is 6.01 Å². The second-order valence-electron chi connectivity index (χ2n) is 6.37. The number of rotatable bonds is 8. The van der Waals surface area contributed by atoms with E-state index in [0.717, 1.165) is 11.1 Å². The van der Waals surface area contributed by atoms with E-state index in [1.165, 1.54) is 0 Å². The van der Waals surface area contributed by atoms with E-state index in [1.807, 2.05) is 37.2 Å². The normalized spacial score (nSPS) is 11.6. The highest BCUT2D eigenvalue weighted by atomic mass is 35.5. The van der Waals surface area contributed by atoms with Gasteiger partial charge >= 0.3 is 6.01 Å². The number of nitrogens with zero attached hydrogens (tertiary/aromatic N) is 4. The van der Waals surface area contributed by atoms with E-state index in [9.17, 15) is 8.42 Å². The molecule has 1 heterocycles. The summed E-state index contributed by atoms with van der Waals surface area (Å²) in [6, 6.07) is 10.8. The summed E-state index contributed by atoms with van der Waals surface area (Å²) in [4.78, 5) is 13.4. The van der Waals surface area contributed by atoms with Gasteiger partial charge in [-0.2, -0.15) is 15.0 Å². The smallest absolute Gasteiger partial charge is 0.322 e. The zero-order chi connectivity index (χ0) is 21.0. The maximum atomic E-state index is 12.8. The molecule has 0 saturated carbocycles. The fraction of sp³-hybridized carbons (Fsp3) is 0.278. The molecular weight excluding hydrogens is 416 g/mol. The molecule has 11 heteroatoms. The summed E-state index contributed by atoms with van der Waals surface area (Å²) in [5.74, 6) is -0.0475. The molecule has 0 aliphatic carbocycles. The third-order valence-corrected chi connectivity index (χ3v) is 5.77. The predicted octanol–water partition coefficient (Wildman–Crippen LogP) is 2.07. The highest BCUT2D eigenvalue weighted by molar-refractivity contribution is 7.89. The SMILES string of the molecule is CN(C)c1cccc2c(S(=O)(=O)NCCCOc3nc(N)nc(Cl)n3)cccc12. The van der Waals surface area contributed by atoms with Crippen LogP contribution in [0.2, 0.25) is 5.28 Å². The molecule has 3 rings (SSSR count). The second kappa shape index (κ2) is 8.76. The van der Waals surface area contributed by atoms with Crippen molar-refractivity contribution in [3.63, 3.8) is 0 Å². The number of anilines is 2. The van der Waals surface area contributed by atoms with Crippen LogP contribution in [0.25, 0.3) is 10.8 Å². The Morgan fingerprint density at radius 3 is 2.55 bits per heavy atom. The molecule has 0 spiro atoms. The number of nitrogens with one attached hydrogen (secondary N) is 1. The predicted molar refractivity (Wildman–Crippen MR) is 113 cm³/mol. The van der Waals surface area contributed by atoms with Crippen molar-refractivity contribution in [3.8, 4) is 6.01 Å². The Morgan fingerprint density at radius 2 is 1.83 bits per heavy atom. The number of fused-ring (bicyclic) bond motifs is 1. The number of nitrogens with two attached hydrogens (primary N) is 1. The van der Waals surface area contributed by atoms with Gasteiger partial charge in [-0.15, -0.1) is 0 Å². The summed E-state index contributed by atoms with van der Waals surface area (Å²) >= 11 is 5.68. The fourth-order valence-electron chi connectivity index (χ4n) is 2.82. The molecule has 9 nitrogen and oxygen atoms in total.